The fraction of sp³-hybridized carbons (Fsp3) is 0.500. The normalized spacial score (nSPS) is 15.4. The molecule has 0 saturated carbocycles. The maximum atomic E-state index is 11.4. The quantitative estimate of drug-likeness (QED) is 0.193. The molecule has 2 N–H and O–H groups in total. The number of aliphatic hydroxyl groups is 2. The van der Waals surface area contributed by atoms with Crippen molar-refractivity contribution >= 4 is 117 Å². The molecular formula is C28H38Br2O2S2Se2Si2. The van der Waals surface area contributed by atoms with Gasteiger partial charge in [0.2, 0.25) is 0 Å². The van der Waals surface area contributed by atoms with Gasteiger partial charge in [-0.3, -0.25) is 0 Å². The Labute approximate surface area is 266 Å². The first-order valence-electron chi connectivity index (χ1n) is 12.7. The van der Waals surface area contributed by atoms with Gasteiger partial charge < -0.3 is 0 Å². The van der Waals surface area contributed by atoms with Crippen LogP contribution in [0.5, 0.6) is 0 Å². The molecule has 2 atom stereocenters. The van der Waals surface area contributed by atoms with E-state index in [-0.39, 0.29) is 39.1 Å². The van der Waals surface area contributed by atoms with Crippen LogP contribution in [0.4, 0.5) is 0 Å². The Morgan fingerprint density at radius 1 is 0.658 bits per heavy atom. The zero-order chi connectivity index (χ0) is 28.6. The topological polar surface area (TPSA) is 40.5 Å². The van der Waals surface area contributed by atoms with Crippen molar-refractivity contribution in [3.05, 3.63) is 51.8 Å². The first kappa shape index (κ1) is 31.9. The van der Waals surface area contributed by atoms with Crippen molar-refractivity contribution in [2.75, 3.05) is 0 Å². The molecule has 0 saturated heterocycles. The predicted molar refractivity (Wildman–Crippen MR) is 184 cm³/mol. The second-order valence-corrected chi connectivity index (χ2v) is 33.9. The van der Waals surface area contributed by atoms with E-state index in [2.05, 4.69) is 124 Å². The molecule has 38 heavy (non-hydrogen) atoms. The van der Waals surface area contributed by atoms with Crippen molar-refractivity contribution in [1.82, 2.24) is 0 Å². The molecule has 10 heteroatoms. The molecule has 208 valence electrons. The summed E-state index contributed by atoms with van der Waals surface area (Å²) in [4.78, 5) is 2.00. The Bertz CT molecular complexity index is 1330. The van der Waals surface area contributed by atoms with Crippen LogP contribution in [0.2, 0.25) is 36.3 Å². The number of aliphatic hydroxyl groups excluding tert-OH is 2. The molecule has 0 bridgehead atoms. The summed E-state index contributed by atoms with van der Waals surface area (Å²) in [5, 5.41) is 23.4. The number of rotatable bonds is 6. The summed E-state index contributed by atoms with van der Waals surface area (Å²) in [5.74, 6) is 0. The van der Waals surface area contributed by atoms with Gasteiger partial charge in [-0.05, 0) is 0 Å². The fourth-order valence-corrected chi connectivity index (χ4v) is 24.1. The molecule has 0 aliphatic carbocycles. The van der Waals surface area contributed by atoms with E-state index in [1.54, 1.807) is 30.8 Å². The first-order chi connectivity index (χ1) is 17.3. The molecule has 0 aliphatic rings. The zero-order valence-corrected chi connectivity index (χ0v) is 34.0. The molecule has 4 heterocycles. The molecule has 2 unspecified atom stereocenters. The van der Waals surface area contributed by atoms with Crippen LogP contribution in [0.25, 0.3) is 9.40 Å². The van der Waals surface area contributed by atoms with E-state index < -0.39 is 28.4 Å². The molecule has 4 aromatic heterocycles. The second-order valence-electron chi connectivity index (χ2n) is 13.2. The summed E-state index contributed by atoms with van der Waals surface area (Å²) < 4.78 is 9.84. The Morgan fingerprint density at radius 2 is 0.974 bits per heavy atom. The molecule has 0 fully saturated rings. The monoisotopic (exact) mass is 844 g/mol. The molecule has 0 aliphatic heterocycles. The van der Waals surface area contributed by atoms with E-state index in [1.165, 1.54) is 0 Å². The Hall–Kier alpha value is 0.973. The van der Waals surface area contributed by atoms with Crippen LogP contribution in [0.3, 0.4) is 0 Å². The minimum atomic E-state index is -1.61. The molecule has 0 radical (unpaired) electrons. The van der Waals surface area contributed by atoms with Gasteiger partial charge in [0, 0.05) is 0 Å². The first-order valence-corrected chi connectivity index (χ1v) is 25.4. The van der Waals surface area contributed by atoms with Gasteiger partial charge >= 0.3 is 269 Å². The van der Waals surface area contributed by atoms with Gasteiger partial charge in [0.15, 0.2) is 0 Å². The van der Waals surface area contributed by atoms with Crippen LogP contribution in [-0.2, 0) is 0 Å². The third-order valence-electron chi connectivity index (χ3n) is 8.69. The fourth-order valence-electron chi connectivity index (χ4n) is 3.89. The predicted octanol–water partition coefficient (Wildman–Crippen LogP) is 8.20. The van der Waals surface area contributed by atoms with Crippen molar-refractivity contribution in [3.63, 3.8) is 0 Å². The average molecular weight is 845 g/mol. The van der Waals surface area contributed by atoms with Gasteiger partial charge in [-0.2, -0.15) is 0 Å². The van der Waals surface area contributed by atoms with Crippen LogP contribution >= 0.6 is 54.5 Å². The van der Waals surface area contributed by atoms with Crippen molar-refractivity contribution in [1.29, 1.82) is 0 Å². The molecule has 0 aromatic carbocycles. The van der Waals surface area contributed by atoms with Crippen molar-refractivity contribution < 1.29 is 10.2 Å². The van der Waals surface area contributed by atoms with Gasteiger partial charge in [0.1, 0.15) is 0 Å². The van der Waals surface area contributed by atoms with Crippen LogP contribution in [0.15, 0.2) is 33.2 Å². The van der Waals surface area contributed by atoms with E-state index in [1.807, 2.05) is 0 Å². The standard InChI is InChI=1S/C28H38Br2O2S2Se2Si2/c1-27(2,3)37(7,8)21-11-15(29)25(35-21)23(31)19-13-17-18(33-19)14-20(34-17)24(32)26-16(30)12-22(36-26)38(9,10)28(4,5)6/h11-14,23-24,31-32H,1-10H3. The Kier molecular flexibility index (Phi) is 9.16. The summed E-state index contributed by atoms with van der Waals surface area (Å²) in [6.07, 6.45) is -1.15. The van der Waals surface area contributed by atoms with Gasteiger partial charge in [0.25, 0.3) is 0 Å². The van der Waals surface area contributed by atoms with Crippen molar-refractivity contribution in [3.8, 4) is 0 Å². The SMILES string of the molecule is CC(C)(C)[Si](C)(C)c1cc(Br)c(C(O)c2cc3sc(C(O)c4[se]c([Si](C)(C)C(C)(C)C)cc4Br)cc3s2)[se]1. The van der Waals surface area contributed by atoms with Crippen LogP contribution in [0.1, 0.15) is 72.4 Å². The Morgan fingerprint density at radius 3 is 1.26 bits per heavy atom. The minimum absolute atomic E-state index is 0.165. The van der Waals surface area contributed by atoms with Gasteiger partial charge in [-0.1, -0.05) is 0 Å². The van der Waals surface area contributed by atoms with Crippen molar-refractivity contribution in [2.24, 2.45) is 0 Å². The number of thiophene rings is 2. The molecule has 0 amide bonds. The van der Waals surface area contributed by atoms with Crippen LogP contribution in [-0.4, -0.2) is 55.4 Å². The average Bonchev–Trinajstić information content (AvgIpc) is 3.53. The number of hydrogen-bond donors (Lipinski definition) is 2. The van der Waals surface area contributed by atoms with Gasteiger partial charge in [-0.15, -0.1) is 0 Å². The van der Waals surface area contributed by atoms with Gasteiger partial charge in [-0.25, -0.2) is 0 Å². The molecule has 0 spiro atoms. The summed E-state index contributed by atoms with van der Waals surface area (Å²) in [6.45, 7) is 23.9. The van der Waals surface area contributed by atoms with E-state index in [0.29, 0.717) is 0 Å². The second kappa shape index (κ2) is 10.9. The van der Waals surface area contributed by atoms with Crippen LogP contribution < -0.4 is 8.12 Å². The summed E-state index contributed by atoms with van der Waals surface area (Å²) >= 11 is 11.2. The third-order valence-corrected chi connectivity index (χ3v) is 35.5. The van der Waals surface area contributed by atoms with Gasteiger partial charge in [0.05, 0.1) is 0 Å². The number of hydrogen-bond acceptors (Lipinski definition) is 4. The molecule has 4 rings (SSSR count). The number of halogens is 2. The van der Waals surface area contributed by atoms with E-state index in [9.17, 15) is 10.2 Å². The Balaban J connectivity index is 1.61. The van der Waals surface area contributed by atoms with Crippen molar-refractivity contribution in [2.45, 2.75) is 90.0 Å². The maximum absolute atomic E-state index is 11.4. The zero-order valence-electron chi connectivity index (χ0n) is 23.7. The molecule has 2 nitrogen and oxygen atoms in total. The van der Waals surface area contributed by atoms with Crippen LogP contribution in [0, 0.1) is 0 Å². The summed E-state index contributed by atoms with van der Waals surface area (Å²) in [6, 6.07) is 8.90. The third kappa shape index (κ3) is 5.78. The van der Waals surface area contributed by atoms with E-state index >= 15 is 0 Å². The number of fused-ring (bicyclic) bond motifs is 1. The molecular weight excluding hydrogens is 806 g/mol. The molecule has 4 aromatic rings. The van der Waals surface area contributed by atoms with E-state index in [4.69, 9.17) is 0 Å². The summed E-state index contributed by atoms with van der Waals surface area (Å²) in [7, 11) is -3.22. The summed E-state index contributed by atoms with van der Waals surface area (Å²) in [5.41, 5.74) is 0. The van der Waals surface area contributed by atoms with E-state index in [0.717, 1.165) is 37.0 Å².